The number of benzene rings is 1. The van der Waals surface area contributed by atoms with Crippen LogP contribution in [0.3, 0.4) is 0 Å². The Morgan fingerprint density at radius 1 is 1.44 bits per heavy atom. The zero-order valence-electron chi connectivity index (χ0n) is 8.85. The van der Waals surface area contributed by atoms with E-state index in [0.29, 0.717) is 6.29 Å². The molecule has 1 N–H and O–H groups in total. The predicted molar refractivity (Wildman–Crippen MR) is 55.2 cm³/mol. The lowest BCUT2D eigenvalue weighted by Gasteiger charge is -2.11. The van der Waals surface area contributed by atoms with Crippen LogP contribution in [0.5, 0.6) is 5.75 Å². The number of carbonyl (C=O) groups excluding carboxylic acids is 1. The van der Waals surface area contributed by atoms with E-state index < -0.39 is 11.9 Å². The molecular formula is C11H13FO4. The Bertz CT molecular complexity index is 354. The predicted octanol–water partition coefficient (Wildman–Crippen LogP) is 1.02. The Labute approximate surface area is 92.6 Å². The van der Waals surface area contributed by atoms with Crippen LogP contribution in [0, 0.1) is 5.82 Å². The quantitative estimate of drug-likeness (QED) is 0.739. The van der Waals surface area contributed by atoms with E-state index in [4.69, 9.17) is 9.47 Å². The highest BCUT2D eigenvalue weighted by Gasteiger charge is 2.06. The van der Waals surface area contributed by atoms with Gasteiger partial charge in [-0.15, -0.1) is 0 Å². The number of hydrogen-bond donors (Lipinski definition) is 1. The lowest BCUT2D eigenvalue weighted by molar-refractivity contribution is 0.0324. The number of hydrogen-bond acceptors (Lipinski definition) is 4. The first-order valence-electron chi connectivity index (χ1n) is 4.71. The molecule has 0 bridgehead atoms. The standard InChI is InChI=1S/C11H13FO4/c1-15-6-10(14)7-16-11-3-8(5-13)2-9(12)4-11/h2-5,10,14H,6-7H2,1H3. The zero-order chi connectivity index (χ0) is 12.0. The van der Waals surface area contributed by atoms with Gasteiger partial charge in [-0.25, -0.2) is 4.39 Å². The van der Waals surface area contributed by atoms with Gasteiger partial charge in [0.05, 0.1) is 6.61 Å². The maximum absolute atomic E-state index is 13.0. The van der Waals surface area contributed by atoms with Crippen LogP contribution in [0.25, 0.3) is 0 Å². The van der Waals surface area contributed by atoms with Crippen LogP contribution in [-0.4, -0.2) is 37.8 Å². The van der Waals surface area contributed by atoms with Crippen molar-refractivity contribution in [1.82, 2.24) is 0 Å². The molecule has 5 heteroatoms. The number of halogens is 1. The molecule has 0 fully saturated rings. The van der Waals surface area contributed by atoms with Crippen LogP contribution in [-0.2, 0) is 4.74 Å². The Kier molecular flexibility index (Phi) is 4.88. The van der Waals surface area contributed by atoms with E-state index in [-0.39, 0.29) is 24.5 Å². The van der Waals surface area contributed by atoms with Gasteiger partial charge < -0.3 is 14.6 Å². The van der Waals surface area contributed by atoms with Gasteiger partial charge in [-0.05, 0) is 12.1 Å². The molecule has 0 saturated carbocycles. The molecule has 0 amide bonds. The molecule has 0 radical (unpaired) electrons. The van der Waals surface area contributed by atoms with Crippen LogP contribution >= 0.6 is 0 Å². The molecule has 1 aromatic rings. The summed E-state index contributed by atoms with van der Waals surface area (Å²) in [6.45, 7) is 0.117. The normalized spacial score (nSPS) is 12.2. The van der Waals surface area contributed by atoms with Crippen molar-refractivity contribution in [2.24, 2.45) is 0 Å². The van der Waals surface area contributed by atoms with Crippen molar-refractivity contribution in [3.8, 4) is 5.75 Å². The lowest BCUT2D eigenvalue weighted by Crippen LogP contribution is -2.22. The van der Waals surface area contributed by atoms with Crippen LogP contribution in [0.4, 0.5) is 4.39 Å². The number of aldehydes is 1. The third-order valence-electron chi connectivity index (χ3n) is 1.83. The largest absolute Gasteiger partial charge is 0.491 e. The minimum atomic E-state index is -0.784. The third kappa shape index (κ3) is 3.96. The van der Waals surface area contributed by atoms with Crippen molar-refractivity contribution < 1.29 is 23.8 Å². The zero-order valence-corrected chi connectivity index (χ0v) is 8.85. The highest BCUT2D eigenvalue weighted by atomic mass is 19.1. The summed E-state index contributed by atoms with van der Waals surface area (Å²) < 4.78 is 22.8. The minimum absolute atomic E-state index is 0.0183. The maximum Gasteiger partial charge on any atom is 0.150 e. The Hall–Kier alpha value is -1.46. The van der Waals surface area contributed by atoms with Crippen molar-refractivity contribution in [2.45, 2.75) is 6.10 Å². The summed E-state index contributed by atoms with van der Waals surface area (Å²) in [6, 6.07) is 3.65. The number of methoxy groups -OCH3 is 1. The van der Waals surface area contributed by atoms with Crippen LogP contribution in [0.1, 0.15) is 10.4 Å². The molecule has 0 aliphatic rings. The number of carbonyl (C=O) groups is 1. The molecular weight excluding hydrogens is 215 g/mol. The molecule has 1 rings (SSSR count). The number of aliphatic hydroxyl groups is 1. The first-order chi connectivity index (χ1) is 7.65. The fraction of sp³-hybridized carbons (Fsp3) is 0.364. The monoisotopic (exact) mass is 228 g/mol. The van der Waals surface area contributed by atoms with Crippen molar-refractivity contribution in [3.05, 3.63) is 29.6 Å². The minimum Gasteiger partial charge on any atom is -0.491 e. The molecule has 16 heavy (non-hydrogen) atoms. The second-order valence-corrected chi connectivity index (χ2v) is 3.26. The molecule has 0 spiro atoms. The van der Waals surface area contributed by atoms with Gasteiger partial charge in [0.15, 0.2) is 0 Å². The Morgan fingerprint density at radius 2 is 2.19 bits per heavy atom. The van der Waals surface area contributed by atoms with E-state index in [0.717, 1.165) is 12.1 Å². The fourth-order valence-corrected chi connectivity index (χ4v) is 1.17. The molecule has 1 unspecified atom stereocenters. The molecule has 0 aliphatic heterocycles. The SMILES string of the molecule is COCC(O)COc1cc(F)cc(C=O)c1. The summed E-state index contributed by atoms with van der Waals surface area (Å²) in [5.41, 5.74) is 0.191. The summed E-state index contributed by atoms with van der Waals surface area (Å²) in [4.78, 5) is 10.5. The summed E-state index contributed by atoms with van der Waals surface area (Å²) in [7, 11) is 1.45. The van der Waals surface area contributed by atoms with Gasteiger partial charge in [0.25, 0.3) is 0 Å². The van der Waals surface area contributed by atoms with Crippen molar-refractivity contribution in [3.63, 3.8) is 0 Å². The molecule has 0 heterocycles. The van der Waals surface area contributed by atoms with E-state index in [9.17, 15) is 14.3 Å². The molecule has 0 saturated heterocycles. The van der Waals surface area contributed by atoms with Gasteiger partial charge in [0.1, 0.15) is 30.6 Å². The van der Waals surface area contributed by atoms with Crippen LogP contribution in [0.15, 0.2) is 18.2 Å². The van der Waals surface area contributed by atoms with Crippen molar-refractivity contribution >= 4 is 6.29 Å². The fourth-order valence-electron chi connectivity index (χ4n) is 1.17. The molecule has 1 atom stereocenters. The molecule has 88 valence electrons. The average Bonchev–Trinajstić information content (AvgIpc) is 2.26. The van der Waals surface area contributed by atoms with Gasteiger partial charge in [-0.2, -0.15) is 0 Å². The Morgan fingerprint density at radius 3 is 2.81 bits per heavy atom. The molecule has 0 aromatic heterocycles. The number of aliphatic hydroxyl groups excluding tert-OH is 1. The van der Waals surface area contributed by atoms with Gasteiger partial charge in [-0.1, -0.05) is 0 Å². The average molecular weight is 228 g/mol. The summed E-state index contributed by atoms with van der Waals surface area (Å²) in [5, 5.41) is 9.29. The molecule has 4 nitrogen and oxygen atoms in total. The van der Waals surface area contributed by atoms with Crippen molar-refractivity contribution in [2.75, 3.05) is 20.3 Å². The van der Waals surface area contributed by atoms with E-state index in [1.54, 1.807) is 0 Å². The van der Waals surface area contributed by atoms with Gasteiger partial charge in [0, 0.05) is 18.7 Å². The molecule has 1 aromatic carbocycles. The first-order valence-corrected chi connectivity index (χ1v) is 4.71. The van der Waals surface area contributed by atoms with E-state index >= 15 is 0 Å². The number of rotatable bonds is 6. The summed E-state index contributed by atoms with van der Waals surface area (Å²) in [5.74, 6) is -0.349. The van der Waals surface area contributed by atoms with Crippen LogP contribution < -0.4 is 4.74 Å². The third-order valence-corrected chi connectivity index (χ3v) is 1.83. The lowest BCUT2D eigenvalue weighted by atomic mass is 10.2. The first kappa shape index (κ1) is 12.6. The summed E-state index contributed by atoms with van der Waals surface area (Å²) in [6.07, 6.45) is -0.255. The smallest absolute Gasteiger partial charge is 0.150 e. The van der Waals surface area contributed by atoms with Crippen LogP contribution in [0.2, 0.25) is 0 Å². The van der Waals surface area contributed by atoms with Gasteiger partial charge >= 0.3 is 0 Å². The van der Waals surface area contributed by atoms with Crippen molar-refractivity contribution in [1.29, 1.82) is 0 Å². The maximum atomic E-state index is 13.0. The van der Waals surface area contributed by atoms with E-state index in [2.05, 4.69) is 0 Å². The van der Waals surface area contributed by atoms with Gasteiger partial charge in [-0.3, -0.25) is 4.79 Å². The van der Waals surface area contributed by atoms with E-state index in [1.165, 1.54) is 13.2 Å². The highest BCUT2D eigenvalue weighted by Crippen LogP contribution is 2.15. The topological polar surface area (TPSA) is 55.8 Å². The second kappa shape index (κ2) is 6.19. The molecule has 0 aliphatic carbocycles. The van der Waals surface area contributed by atoms with Gasteiger partial charge in [0.2, 0.25) is 0 Å². The van der Waals surface area contributed by atoms with E-state index in [1.807, 2.05) is 0 Å². The number of ether oxygens (including phenoxy) is 2. The highest BCUT2D eigenvalue weighted by molar-refractivity contribution is 5.75. The Balaban J connectivity index is 2.59. The second-order valence-electron chi connectivity index (χ2n) is 3.26. The summed E-state index contributed by atoms with van der Waals surface area (Å²) >= 11 is 0.